The van der Waals surface area contributed by atoms with Gasteiger partial charge in [-0.15, -0.1) is 0 Å². The zero-order valence-electron chi connectivity index (χ0n) is 11.6. The van der Waals surface area contributed by atoms with Gasteiger partial charge in [-0.05, 0) is 42.8 Å². The van der Waals surface area contributed by atoms with E-state index < -0.39 is 0 Å². The van der Waals surface area contributed by atoms with Crippen molar-refractivity contribution in [2.75, 3.05) is 6.79 Å². The van der Waals surface area contributed by atoms with Gasteiger partial charge in [-0.1, -0.05) is 6.07 Å². The summed E-state index contributed by atoms with van der Waals surface area (Å²) in [6.07, 6.45) is 0. The first kappa shape index (κ1) is 13.7. The van der Waals surface area contributed by atoms with Gasteiger partial charge in [0.1, 0.15) is 18.2 Å². The molecule has 1 atom stereocenters. The molecule has 0 unspecified atom stereocenters. The average Bonchev–Trinajstić information content (AvgIpc) is 2.93. The molecule has 5 heteroatoms. The van der Waals surface area contributed by atoms with E-state index in [1.165, 1.54) is 12.1 Å². The highest BCUT2D eigenvalue weighted by molar-refractivity contribution is 5.44. The molecule has 3 rings (SSSR count). The van der Waals surface area contributed by atoms with Crippen molar-refractivity contribution in [3.63, 3.8) is 0 Å². The highest BCUT2D eigenvalue weighted by atomic mass is 19.1. The fourth-order valence-electron chi connectivity index (χ4n) is 2.20. The van der Waals surface area contributed by atoms with Gasteiger partial charge in [0.05, 0.1) is 0 Å². The largest absolute Gasteiger partial charge is 0.489 e. The second-order valence-electron chi connectivity index (χ2n) is 4.95. The summed E-state index contributed by atoms with van der Waals surface area (Å²) >= 11 is 0. The number of rotatable bonds is 4. The monoisotopic (exact) mass is 289 g/mol. The Labute approximate surface area is 122 Å². The molecule has 0 saturated carbocycles. The van der Waals surface area contributed by atoms with Crippen LogP contribution in [-0.2, 0) is 6.61 Å². The van der Waals surface area contributed by atoms with Gasteiger partial charge < -0.3 is 19.9 Å². The SMILES string of the molecule is C[C@H](N)c1cc(F)ccc1OCc1ccc2c(c1)OCO2. The molecule has 0 fully saturated rings. The average molecular weight is 289 g/mol. The van der Waals surface area contributed by atoms with Crippen molar-refractivity contribution in [1.82, 2.24) is 0 Å². The van der Waals surface area contributed by atoms with E-state index in [4.69, 9.17) is 19.9 Å². The molecule has 21 heavy (non-hydrogen) atoms. The van der Waals surface area contributed by atoms with Crippen LogP contribution in [0.2, 0.25) is 0 Å². The predicted octanol–water partition coefficient (Wildman–Crippen LogP) is 3.15. The van der Waals surface area contributed by atoms with E-state index in [-0.39, 0.29) is 18.7 Å². The Kier molecular flexibility index (Phi) is 3.66. The Morgan fingerprint density at radius 1 is 1.19 bits per heavy atom. The highest BCUT2D eigenvalue weighted by Crippen LogP contribution is 2.33. The highest BCUT2D eigenvalue weighted by Gasteiger charge is 2.14. The van der Waals surface area contributed by atoms with Gasteiger partial charge in [0, 0.05) is 11.6 Å². The molecule has 1 aliphatic heterocycles. The van der Waals surface area contributed by atoms with E-state index in [0.29, 0.717) is 23.7 Å². The van der Waals surface area contributed by atoms with E-state index in [1.807, 2.05) is 18.2 Å². The van der Waals surface area contributed by atoms with Crippen LogP contribution >= 0.6 is 0 Å². The van der Waals surface area contributed by atoms with Gasteiger partial charge >= 0.3 is 0 Å². The third-order valence-electron chi connectivity index (χ3n) is 3.29. The minimum absolute atomic E-state index is 0.243. The summed E-state index contributed by atoms with van der Waals surface area (Å²) in [7, 11) is 0. The summed E-state index contributed by atoms with van der Waals surface area (Å²) in [6.45, 7) is 2.39. The standard InChI is InChI=1S/C16H16FNO3/c1-10(18)13-7-12(17)3-5-14(13)19-8-11-2-4-15-16(6-11)21-9-20-15/h2-7,10H,8-9,18H2,1H3/t10-/m0/s1. The molecule has 0 saturated heterocycles. The van der Waals surface area contributed by atoms with E-state index in [0.717, 1.165) is 11.3 Å². The molecule has 0 spiro atoms. The summed E-state index contributed by atoms with van der Waals surface area (Å²) in [5, 5.41) is 0. The van der Waals surface area contributed by atoms with E-state index in [9.17, 15) is 4.39 Å². The molecule has 1 heterocycles. The van der Waals surface area contributed by atoms with Crippen LogP contribution in [0.5, 0.6) is 17.2 Å². The van der Waals surface area contributed by atoms with Crippen molar-refractivity contribution in [3.8, 4) is 17.2 Å². The first-order valence-corrected chi connectivity index (χ1v) is 6.70. The van der Waals surface area contributed by atoms with Crippen LogP contribution in [0, 0.1) is 5.82 Å². The molecule has 0 aliphatic carbocycles. The number of fused-ring (bicyclic) bond motifs is 1. The zero-order valence-corrected chi connectivity index (χ0v) is 11.6. The van der Waals surface area contributed by atoms with E-state index in [2.05, 4.69) is 0 Å². The lowest BCUT2D eigenvalue weighted by Crippen LogP contribution is -2.08. The van der Waals surface area contributed by atoms with E-state index in [1.54, 1.807) is 13.0 Å². The number of hydrogen-bond donors (Lipinski definition) is 1. The molecule has 110 valence electrons. The lowest BCUT2D eigenvalue weighted by molar-refractivity contribution is 0.174. The smallest absolute Gasteiger partial charge is 0.231 e. The van der Waals surface area contributed by atoms with Crippen LogP contribution in [0.1, 0.15) is 24.1 Å². The molecule has 0 bridgehead atoms. The minimum atomic E-state index is -0.322. The van der Waals surface area contributed by atoms with Crippen molar-refractivity contribution in [3.05, 3.63) is 53.3 Å². The first-order chi connectivity index (χ1) is 10.1. The maximum absolute atomic E-state index is 13.3. The van der Waals surface area contributed by atoms with Crippen molar-refractivity contribution >= 4 is 0 Å². The fourth-order valence-corrected chi connectivity index (χ4v) is 2.20. The maximum atomic E-state index is 13.3. The Morgan fingerprint density at radius 2 is 2.00 bits per heavy atom. The molecular formula is C16H16FNO3. The van der Waals surface area contributed by atoms with Crippen LogP contribution in [0.4, 0.5) is 4.39 Å². The molecule has 2 aromatic rings. The number of nitrogens with two attached hydrogens (primary N) is 1. The summed E-state index contributed by atoms with van der Waals surface area (Å²) in [5.41, 5.74) is 7.44. The van der Waals surface area contributed by atoms with Crippen LogP contribution in [0.3, 0.4) is 0 Å². The number of halogens is 1. The van der Waals surface area contributed by atoms with E-state index >= 15 is 0 Å². The summed E-state index contributed by atoms with van der Waals surface area (Å²) in [6, 6.07) is 9.69. The van der Waals surface area contributed by atoms with Crippen molar-refractivity contribution in [1.29, 1.82) is 0 Å². The third-order valence-corrected chi connectivity index (χ3v) is 3.29. The quantitative estimate of drug-likeness (QED) is 0.939. The molecule has 0 amide bonds. The normalized spacial score (nSPS) is 14.0. The molecule has 2 aromatic carbocycles. The van der Waals surface area contributed by atoms with Crippen molar-refractivity contribution in [2.45, 2.75) is 19.6 Å². The molecule has 4 nitrogen and oxygen atoms in total. The second kappa shape index (κ2) is 5.61. The van der Waals surface area contributed by atoms with Crippen molar-refractivity contribution < 1.29 is 18.6 Å². The summed E-state index contributed by atoms with van der Waals surface area (Å²) in [5.74, 6) is 1.71. The van der Waals surface area contributed by atoms with Crippen LogP contribution < -0.4 is 19.9 Å². The Bertz CT molecular complexity index is 658. The predicted molar refractivity (Wildman–Crippen MR) is 75.9 cm³/mol. The molecule has 1 aliphatic rings. The molecular weight excluding hydrogens is 273 g/mol. The Balaban J connectivity index is 1.76. The zero-order chi connectivity index (χ0) is 14.8. The minimum Gasteiger partial charge on any atom is -0.489 e. The maximum Gasteiger partial charge on any atom is 0.231 e. The van der Waals surface area contributed by atoms with Gasteiger partial charge in [0.2, 0.25) is 6.79 Å². The van der Waals surface area contributed by atoms with Crippen molar-refractivity contribution in [2.24, 2.45) is 5.73 Å². The first-order valence-electron chi connectivity index (χ1n) is 6.70. The number of benzene rings is 2. The Hall–Kier alpha value is -2.27. The topological polar surface area (TPSA) is 53.7 Å². The lowest BCUT2D eigenvalue weighted by Gasteiger charge is -2.14. The molecule has 0 radical (unpaired) electrons. The van der Waals surface area contributed by atoms with Gasteiger partial charge in [-0.3, -0.25) is 0 Å². The second-order valence-corrected chi connectivity index (χ2v) is 4.95. The van der Waals surface area contributed by atoms with Crippen LogP contribution in [-0.4, -0.2) is 6.79 Å². The Morgan fingerprint density at radius 3 is 2.81 bits per heavy atom. The third kappa shape index (κ3) is 2.92. The van der Waals surface area contributed by atoms with Crippen LogP contribution in [0.25, 0.3) is 0 Å². The van der Waals surface area contributed by atoms with Crippen LogP contribution in [0.15, 0.2) is 36.4 Å². The number of hydrogen-bond acceptors (Lipinski definition) is 4. The molecule has 2 N–H and O–H groups in total. The van der Waals surface area contributed by atoms with Gasteiger partial charge in [0.15, 0.2) is 11.5 Å². The molecule has 0 aromatic heterocycles. The fraction of sp³-hybridized carbons (Fsp3) is 0.250. The summed E-state index contributed by atoms with van der Waals surface area (Å²) in [4.78, 5) is 0. The van der Waals surface area contributed by atoms with Gasteiger partial charge in [-0.25, -0.2) is 4.39 Å². The van der Waals surface area contributed by atoms with Gasteiger partial charge in [-0.2, -0.15) is 0 Å². The lowest BCUT2D eigenvalue weighted by atomic mass is 10.1. The summed E-state index contributed by atoms with van der Waals surface area (Å²) < 4.78 is 29.6. The van der Waals surface area contributed by atoms with Gasteiger partial charge in [0.25, 0.3) is 0 Å². The number of ether oxygens (including phenoxy) is 3.